The Morgan fingerprint density at radius 1 is 0.778 bits per heavy atom. The van der Waals surface area contributed by atoms with Crippen molar-refractivity contribution in [3.05, 3.63) is 157 Å². The van der Waals surface area contributed by atoms with E-state index < -0.39 is 13.3 Å². The van der Waals surface area contributed by atoms with Gasteiger partial charge < -0.3 is 8.98 Å². The normalized spacial score (nSPS) is 11.4. The molecule has 9 aromatic rings. The molecule has 5 aromatic heterocycles. The first-order valence-electron chi connectivity index (χ1n) is 17.5. The SMILES string of the molecule is Cc1cc(-n2c(-c3[c-]cc(-c4ccc(F)cc4)c4c3oc3ncccc34)nc3ccccc32)cc(C)n1.[CH3][Ge]([CH3])([CH3])[c]1ccc(-c2[c-]cccc2)nc1.[Ir]. The van der Waals surface area contributed by atoms with Gasteiger partial charge in [-0.1, -0.05) is 41.0 Å². The van der Waals surface area contributed by atoms with Crippen molar-refractivity contribution in [3.63, 3.8) is 0 Å². The van der Waals surface area contributed by atoms with Crippen molar-refractivity contribution in [2.45, 2.75) is 31.1 Å². The molecule has 0 bridgehead atoms. The Kier molecular flexibility index (Phi) is 10.4. The zero-order valence-corrected chi connectivity index (χ0v) is 35.0. The molecule has 0 N–H and O–H groups in total. The number of aryl methyl sites for hydroxylation is 2. The van der Waals surface area contributed by atoms with Crippen molar-refractivity contribution in [2.75, 3.05) is 0 Å². The van der Waals surface area contributed by atoms with Gasteiger partial charge in [0.25, 0.3) is 0 Å². The number of para-hydroxylation sites is 2. The molecule has 0 saturated carbocycles. The summed E-state index contributed by atoms with van der Waals surface area (Å²) in [4.78, 5) is 18.6. The van der Waals surface area contributed by atoms with E-state index in [9.17, 15) is 4.39 Å². The van der Waals surface area contributed by atoms with Gasteiger partial charge in [0.05, 0.1) is 22.4 Å². The third-order valence-electron chi connectivity index (χ3n) is 9.20. The molecule has 0 aliphatic rings. The smallest absolute Gasteiger partial charge is 0 e. The van der Waals surface area contributed by atoms with Crippen LogP contribution in [0.4, 0.5) is 4.39 Å². The molecule has 0 spiro atoms. The average molecular weight is 947 g/mol. The molecule has 0 aliphatic heterocycles. The summed E-state index contributed by atoms with van der Waals surface area (Å²) in [5, 5.41) is 1.77. The van der Waals surface area contributed by atoms with Crippen LogP contribution in [0.1, 0.15) is 11.4 Å². The minimum absolute atomic E-state index is 0. The number of aromatic nitrogens is 5. The number of halogens is 1. The van der Waals surface area contributed by atoms with Gasteiger partial charge in [-0.2, -0.15) is 0 Å². The summed E-state index contributed by atoms with van der Waals surface area (Å²) in [5.74, 6) is 7.57. The second-order valence-electron chi connectivity index (χ2n) is 14.1. The van der Waals surface area contributed by atoms with Crippen LogP contribution < -0.4 is 4.40 Å². The van der Waals surface area contributed by atoms with Gasteiger partial charge in [-0.15, -0.1) is 12.1 Å². The van der Waals surface area contributed by atoms with Gasteiger partial charge in [-0.25, -0.2) is 9.37 Å². The van der Waals surface area contributed by atoms with Crippen LogP contribution in [0.5, 0.6) is 0 Å². The van der Waals surface area contributed by atoms with Crippen LogP contribution in [0.2, 0.25) is 17.3 Å². The molecule has 6 nitrogen and oxygen atoms in total. The fourth-order valence-electron chi connectivity index (χ4n) is 6.63. The monoisotopic (exact) mass is 948 g/mol. The van der Waals surface area contributed by atoms with E-state index in [1.165, 1.54) is 16.5 Å². The van der Waals surface area contributed by atoms with E-state index in [0.717, 1.165) is 66.8 Å². The van der Waals surface area contributed by atoms with Gasteiger partial charge in [0.1, 0.15) is 5.82 Å². The number of hydrogen-bond acceptors (Lipinski definition) is 5. The molecular weight excluding hydrogens is 910 g/mol. The molecular formula is C45H36FGeIrN5O-2. The first-order chi connectivity index (χ1) is 25.6. The maximum Gasteiger partial charge on any atom is 0 e. The van der Waals surface area contributed by atoms with Gasteiger partial charge in [0.15, 0.2) is 0 Å². The summed E-state index contributed by atoms with van der Waals surface area (Å²) in [7, 11) is 0. The Morgan fingerprint density at radius 2 is 1.54 bits per heavy atom. The molecule has 1 radical (unpaired) electrons. The maximum absolute atomic E-state index is 13.7. The Labute approximate surface area is 329 Å². The molecule has 0 aliphatic carbocycles. The van der Waals surface area contributed by atoms with Crippen LogP contribution in [0.25, 0.3) is 72.6 Å². The molecule has 54 heavy (non-hydrogen) atoms. The number of imidazole rings is 1. The van der Waals surface area contributed by atoms with Crippen LogP contribution in [-0.2, 0) is 20.1 Å². The van der Waals surface area contributed by atoms with Crippen molar-refractivity contribution in [2.24, 2.45) is 0 Å². The molecule has 4 aromatic carbocycles. The predicted molar refractivity (Wildman–Crippen MR) is 215 cm³/mol. The summed E-state index contributed by atoms with van der Waals surface area (Å²) < 4.78 is 23.7. The van der Waals surface area contributed by atoms with Crippen molar-refractivity contribution >= 4 is 50.8 Å². The minimum Gasteiger partial charge on any atom is 0 e. The second-order valence-corrected chi connectivity index (χ2v) is 24.7. The summed E-state index contributed by atoms with van der Waals surface area (Å²) in [5.41, 5.74) is 10.4. The van der Waals surface area contributed by atoms with Crippen molar-refractivity contribution in [1.82, 2.24) is 24.5 Å². The number of benzene rings is 4. The molecule has 0 fully saturated rings. The van der Waals surface area contributed by atoms with Gasteiger partial charge in [-0.3, -0.25) is 9.97 Å². The summed E-state index contributed by atoms with van der Waals surface area (Å²) in [6.07, 6.45) is 3.75. The van der Waals surface area contributed by atoms with Crippen molar-refractivity contribution < 1.29 is 28.9 Å². The van der Waals surface area contributed by atoms with E-state index in [1.807, 2.05) is 80.7 Å². The molecule has 0 unspecified atom stereocenters. The number of hydrogen-bond donors (Lipinski definition) is 0. The van der Waals surface area contributed by atoms with E-state index in [2.05, 4.69) is 79.3 Å². The third-order valence-corrected chi connectivity index (χ3v) is 13.5. The fourth-order valence-corrected chi connectivity index (χ4v) is 8.80. The largest absolute Gasteiger partial charge is 0 e. The first kappa shape index (κ1) is 37.1. The van der Waals surface area contributed by atoms with E-state index >= 15 is 0 Å². The second kappa shape index (κ2) is 15.2. The number of fused-ring (bicyclic) bond motifs is 4. The summed E-state index contributed by atoms with van der Waals surface area (Å²) >= 11 is -1.72. The van der Waals surface area contributed by atoms with Crippen LogP contribution in [0, 0.1) is 31.8 Å². The number of pyridine rings is 3. The molecule has 0 saturated heterocycles. The Hall–Kier alpha value is -5.28. The van der Waals surface area contributed by atoms with E-state index in [4.69, 9.17) is 9.40 Å². The van der Waals surface area contributed by atoms with E-state index in [-0.39, 0.29) is 25.9 Å². The molecule has 9 rings (SSSR count). The van der Waals surface area contributed by atoms with Crippen LogP contribution in [0.3, 0.4) is 0 Å². The first-order valence-corrected chi connectivity index (χ1v) is 24.8. The summed E-state index contributed by atoms with van der Waals surface area (Å²) in [6.45, 7) is 3.98. The van der Waals surface area contributed by atoms with Gasteiger partial charge in [0, 0.05) is 48.8 Å². The molecule has 0 amide bonds. The van der Waals surface area contributed by atoms with Crippen LogP contribution >= 0.6 is 0 Å². The molecule has 5 heterocycles. The molecule has 269 valence electrons. The quantitative estimate of drug-likeness (QED) is 0.127. The van der Waals surface area contributed by atoms with E-state index in [1.54, 1.807) is 18.3 Å². The summed E-state index contributed by atoms with van der Waals surface area (Å²) in [6, 6.07) is 43.4. The number of nitrogens with zero attached hydrogens (tertiary/aromatic N) is 5. The Bertz CT molecular complexity index is 2720. The molecule has 9 heteroatoms. The van der Waals surface area contributed by atoms with Crippen molar-refractivity contribution in [3.8, 4) is 39.5 Å². The number of rotatable bonds is 5. The topological polar surface area (TPSA) is 69.6 Å². The Balaban J connectivity index is 0.000000223. The Morgan fingerprint density at radius 3 is 2.24 bits per heavy atom. The van der Waals surface area contributed by atoms with Crippen LogP contribution in [-0.4, -0.2) is 37.8 Å². The van der Waals surface area contributed by atoms with Crippen LogP contribution in [0.15, 0.2) is 132 Å². The minimum atomic E-state index is -1.72. The zero-order chi connectivity index (χ0) is 36.7. The standard InChI is InChI=1S/C31H20FN4O.C14H16GeN.Ir/c1-18-16-22(17-19(2)34-18)36-27-8-4-3-7-26(27)35-30(36)25-14-13-23(20-9-11-21(32)12-10-20)28-24-6-5-15-33-31(24)37-29(25)28;1-15(2,3)13-9-10-14(16-11-13)12-7-5-4-6-8-12;/h3-13,15-17H,1-2H3;4-7,9-11H,1-3H3;/q2*-1;. The third kappa shape index (κ3) is 7.29. The van der Waals surface area contributed by atoms with Crippen molar-refractivity contribution in [1.29, 1.82) is 0 Å². The van der Waals surface area contributed by atoms with Gasteiger partial charge in [0.2, 0.25) is 5.71 Å². The van der Waals surface area contributed by atoms with Gasteiger partial charge in [-0.05, 0) is 67.8 Å². The predicted octanol–water partition coefficient (Wildman–Crippen LogP) is 10.7. The zero-order valence-electron chi connectivity index (χ0n) is 30.5. The average Bonchev–Trinajstić information content (AvgIpc) is 3.74. The number of furan rings is 1. The maximum atomic E-state index is 13.7. The van der Waals surface area contributed by atoms with E-state index in [0.29, 0.717) is 17.1 Å². The molecule has 0 atom stereocenters. The fraction of sp³-hybridized carbons (Fsp3) is 0.111. The van der Waals surface area contributed by atoms with Gasteiger partial charge >= 0.3 is 99.8 Å².